The van der Waals surface area contributed by atoms with Crippen LogP contribution in [-0.4, -0.2) is 40.6 Å². The maximum Gasteiger partial charge on any atom is 0.318 e. The molecule has 0 saturated heterocycles. The molecule has 0 radical (unpaired) electrons. The van der Waals surface area contributed by atoms with Crippen molar-refractivity contribution >= 4 is 12.0 Å². The summed E-state index contributed by atoms with van der Waals surface area (Å²) in [6.07, 6.45) is 3.86. The minimum absolute atomic E-state index is 0.121. The van der Waals surface area contributed by atoms with Gasteiger partial charge >= 0.3 is 12.0 Å². The number of carbonyl (C=O) groups is 2. The molecule has 0 fully saturated rings. The highest BCUT2D eigenvalue weighted by Crippen LogP contribution is 2.18. The number of urea groups is 1. The normalized spacial score (nSPS) is 22.0. The van der Waals surface area contributed by atoms with Crippen molar-refractivity contribution in [2.75, 3.05) is 6.54 Å². The number of nitrogens with one attached hydrogen (secondary N) is 1. The molecule has 0 aromatic rings. The third kappa shape index (κ3) is 4.58. The van der Waals surface area contributed by atoms with E-state index in [1.165, 1.54) is 0 Å². The summed E-state index contributed by atoms with van der Waals surface area (Å²) in [5.74, 6) is -0.919. The van der Waals surface area contributed by atoms with E-state index in [4.69, 9.17) is 5.11 Å². The van der Waals surface area contributed by atoms with Gasteiger partial charge in [-0.2, -0.15) is 0 Å². The monoisotopic (exact) mass is 268 g/mol. The number of carbonyl (C=O) groups excluding carboxylic acids is 1. The molecule has 1 aliphatic rings. The Hall–Kier alpha value is -1.52. The zero-order valence-electron chi connectivity index (χ0n) is 12.1. The highest BCUT2D eigenvalue weighted by atomic mass is 16.4. The molecule has 0 bridgehead atoms. The number of hydrogen-bond donors (Lipinski definition) is 2. The molecule has 5 heteroatoms. The number of aliphatic carboxylic acids is 1. The highest BCUT2D eigenvalue weighted by Gasteiger charge is 2.27. The highest BCUT2D eigenvalue weighted by molar-refractivity contribution is 5.76. The van der Waals surface area contributed by atoms with Crippen molar-refractivity contribution in [3.8, 4) is 0 Å². The number of rotatable bonds is 5. The predicted octanol–water partition coefficient (Wildman–Crippen LogP) is 2.09. The summed E-state index contributed by atoms with van der Waals surface area (Å²) in [6, 6.07) is -0.172. The van der Waals surface area contributed by atoms with Crippen molar-refractivity contribution in [1.82, 2.24) is 10.2 Å². The SMILES string of the molecule is CC(C)CN(C(=O)NC1C=CC(C(=O)O)C1)C(C)C. The molecular weight excluding hydrogens is 244 g/mol. The first-order valence-electron chi connectivity index (χ1n) is 6.79. The first-order chi connectivity index (χ1) is 8.81. The van der Waals surface area contributed by atoms with Crippen molar-refractivity contribution in [1.29, 1.82) is 0 Å². The van der Waals surface area contributed by atoms with Crippen LogP contribution in [0.5, 0.6) is 0 Å². The lowest BCUT2D eigenvalue weighted by molar-refractivity contribution is -0.140. The molecule has 0 aromatic heterocycles. The molecule has 5 nitrogen and oxygen atoms in total. The third-order valence-corrected chi connectivity index (χ3v) is 3.16. The average Bonchev–Trinajstić information content (AvgIpc) is 2.73. The minimum atomic E-state index is -0.837. The van der Waals surface area contributed by atoms with E-state index in [1.54, 1.807) is 17.1 Å². The third-order valence-electron chi connectivity index (χ3n) is 3.16. The Bertz CT molecular complexity index is 364. The van der Waals surface area contributed by atoms with E-state index in [-0.39, 0.29) is 18.1 Å². The van der Waals surface area contributed by atoms with Crippen LogP contribution in [0.25, 0.3) is 0 Å². The van der Waals surface area contributed by atoms with E-state index < -0.39 is 11.9 Å². The molecule has 19 heavy (non-hydrogen) atoms. The van der Waals surface area contributed by atoms with Crippen LogP contribution in [-0.2, 0) is 4.79 Å². The van der Waals surface area contributed by atoms with Gasteiger partial charge in [0.15, 0.2) is 0 Å². The fourth-order valence-corrected chi connectivity index (χ4v) is 2.15. The van der Waals surface area contributed by atoms with Crippen LogP contribution in [0.15, 0.2) is 12.2 Å². The van der Waals surface area contributed by atoms with Crippen molar-refractivity contribution in [3.05, 3.63) is 12.2 Å². The average molecular weight is 268 g/mol. The summed E-state index contributed by atoms with van der Waals surface area (Å²) in [7, 11) is 0. The van der Waals surface area contributed by atoms with Crippen LogP contribution in [0, 0.1) is 11.8 Å². The van der Waals surface area contributed by atoms with Crippen LogP contribution < -0.4 is 5.32 Å². The van der Waals surface area contributed by atoms with Gasteiger partial charge < -0.3 is 15.3 Å². The van der Waals surface area contributed by atoms with Crippen LogP contribution in [0.1, 0.15) is 34.1 Å². The number of carboxylic acids is 1. The Kier molecular flexibility index (Phi) is 5.39. The van der Waals surface area contributed by atoms with Gasteiger partial charge in [0.1, 0.15) is 0 Å². The van der Waals surface area contributed by atoms with Crippen molar-refractivity contribution in [2.24, 2.45) is 11.8 Å². The topological polar surface area (TPSA) is 69.6 Å². The fourth-order valence-electron chi connectivity index (χ4n) is 2.15. The van der Waals surface area contributed by atoms with E-state index in [0.717, 1.165) is 0 Å². The second-order valence-electron chi connectivity index (χ2n) is 5.76. The van der Waals surface area contributed by atoms with Crippen molar-refractivity contribution < 1.29 is 14.7 Å². The fraction of sp³-hybridized carbons (Fsp3) is 0.714. The largest absolute Gasteiger partial charge is 0.481 e. The maximum atomic E-state index is 12.2. The first-order valence-corrected chi connectivity index (χ1v) is 6.79. The summed E-state index contributed by atoms with van der Waals surface area (Å²) in [6.45, 7) is 8.79. The molecule has 1 rings (SSSR count). The number of carboxylic acid groups (broad SMARTS) is 1. The van der Waals surface area contributed by atoms with Gasteiger partial charge in [-0.05, 0) is 26.2 Å². The van der Waals surface area contributed by atoms with Crippen LogP contribution in [0.3, 0.4) is 0 Å². The quantitative estimate of drug-likeness (QED) is 0.750. The Balaban J connectivity index is 2.54. The smallest absolute Gasteiger partial charge is 0.318 e. The Morgan fingerprint density at radius 3 is 2.37 bits per heavy atom. The van der Waals surface area contributed by atoms with Crippen LogP contribution in [0.2, 0.25) is 0 Å². The van der Waals surface area contributed by atoms with E-state index in [1.807, 2.05) is 13.8 Å². The molecule has 108 valence electrons. The molecule has 2 amide bonds. The van der Waals surface area contributed by atoms with Gasteiger partial charge in [-0.1, -0.05) is 26.0 Å². The lowest BCUT2D eigenvalue weighted by Crippen LogP contribution is -2.48. The second-order valence-corrected chi connectivity index (χ2v) is 5.76. The van der Waals surface area contributed by atoms with Gasteiger partial charge in [-0.15, -0.1) is 0 Å². The lowest BCUT2D eigenvalue weighted by Gasteiger charge is -2.29. The molecule has 0 heterocycles. The zero-order valence-corrected chi connectivity index (χ0v) is 12.1. The first kappa shape index (κ1) is 15.5. The molecule has 0 saturated carbocycles. The molecule has 0 spiro atoms. The number of amides is 2. The summed E-state index contributed by atoms with van der Waals surface area (Å²) < 4.78 is 0. The standard InChI is InChI=1S/C14H24N2O3/c1-9(2)8-16(10(3)4)14(19)15-12-6-5-11(7-12)13(17)18/h5-6,9-12H,7-8H2,1-4H3,(H,15,19)(H,17,18). The van der Waals surface area contributed by atoms with E-state index in [9.17, 15) is 9.59 Å². The predicted molar refractivity (Wildman–Crippen MR) is 73.9 cm³/mol. The van der Waals surface area contributed by atoms with Crippen LogP contribution >= 0.6 is 0 Å². The van der Waals surface area contributed by atoms with Crippen LogP contribution in [0.4, 0.5) is 4.79 Å². The van der Waals surface area contributed by atoms with Gasteiger partial charge in [-0.3, -0.25) is 4.79 Å². The van der Waals surface area contributed by atoms with Crippen molar-refractivity contribution in [2.45, 2.75) is 46.2 Å². The van der Waals surface area contributed by atoms with Crippen molar-refractivity contribution in [3.63, 3.8) is 0 Å². The van der Waals surface area contributed by atoms with Gasteiger partial charge in [0.2, 0.25) is 0 Å². The summed E-state index contributed by atoms with van der Waals surface area (Å²) in [4.78, 5) is 24.8. The Labute approximate surface area is 114 Å². The number of hydrogen-bond acceptors (Lipinski definition) is 2. The second kappa shape index (κ2) is 6.59. The zero-order chi connectivity index (χ0) is 14.6. The number of nitrogens with zero attached hydrogens (tertiary/aromatic N) is 1. The summed E-state index contributed by atoms with van der Waals surface area (Å²) in [5, 5.41) is 11.8. The summed E-state index contributed by atoms with van der Waals surface area (Å²) >= 11 is 0. The Morgan fingerprint density at radius 2 is 1.95 bits per heavy atom. The van der Waals surface area contributed by atoms with Gasteiger partial charge in [0.05, 0.1) is 12.0 Å². The van der Waals surface area contributed by atoms with Gasteiger partial charge in [0.25, 0.3) is 0 Å². The molecule has 0 aromatic carbocycles. The molecule has 2 unspecified atom stereocenters. The van der Waals surface area contributed by atoms with E-state index in [2.05, 4.69) is 19.2 Å². The molecular formula is C14H24N2O3. The Morgan fingerprint density at radius 1 is 1.32 bits per heavy atom. The molecule has 2 N–H and O–H groups in total. The molecule has 1 aliphatic carbocycles. The maximum absolute atomic E-state index is 12.2. The lowest BCUT2D eigenvalue weighted by atomic mass is 10.1. The molecule has 0 aliphatic heterocycles. The molecule has 2 atom stereocenters. The summed E-state index contributed by atoms with van der Waals surface area (Å²) in [5.41, 5.74) is 0. The minimum Gasteiger partial charge on any atom is -0.481 e. The van der Waals surface area contributed by atoms with E-state index >= 15 is 0 Å². The van der Waals surface area contributed by atoms with Gasteiger partial charge in [-0.25, -0.2) is 4.79 Å². The van der Waals surface area contributed by atoms with E-state index in [0.29, 0.717) is 18.9 Å². The van der Waals surface area contributed by atoms with Gasteiger partial charge in [0, 0.05) is 12.6 Å².